The number of nitrogens with one attached hydrogen (secondary N) is 1. The van der Waals surface area contributed by atoms with Gasteiger partial charge in [0.2, 0.25) is 5.91 Å². The number of ether oxygens (including phenoxy) is 2. The molecule has 1 unspecified atom stereocenters. The number of carbonyl (C=O) groups excluding carboxylic acids is 1. The second kappa shape index (κ2) is 8.09. The van der Waals surface area contributed by atoms with Gasteiger partial charge in [-0.25, -0.2) is 0 Å². The van der Waals surface area contributed by atoms with Gasteiger partial charge in [0.1, 0.15) is 12.4 Å². The Morgan fingerprint density at radius 3 is 3.05 bits per heavy atom. The van der Waals surface area contributed by atoms with Crippen molar-refractivity contribution in [3.8, 4) is 5.75 Å². The van der Waals surface area contributed by atoms with Crippen molar-refractivity contribution in [2.75, 3.05) is 18.5 Å². The van der Waals surface area contributed by atoms with Gasteiger partial charge in [0, 0.05) is 18.4 Å². The largest absolute Gasteiger partial charge is 0.491 e. The fourth-order valence-corrected chi connectivity index (χ4v) is 1.88. The minimum atomic E-state index is -0.531. The summed E-state index contributed by atoms with van der Waals surface area (Å²) in [6.07, 6.45) is 2.32. The quantitative estimate of drug-likeness (QED) is 0.872. The zero-order chi connectivity index (χ0) is 13.7. The van der Waals surface area contributed by atoms with Gasteiger partial charge in [-0.1, -0.05) is 6.07 Å². The predicted molar refractivity (Wildman–Crippen MR) is 80.4 cm³/mol. The minimum absolute atomic E-state index is 0. The van der Waals surface area contributed by atoms with Crippen LogP contribution in [-0.2, 0) is 9.53 Å². The topological polar surface area (TPSA) is 73.6 Å². The number of nitrogens with two attached hydrogens (primary N) is 1. The summed E-state index contributed by atoms with van der Waals surface area (Å²) in [6, 6.07) is 6.75. The van der Waals surface area contributed by atoms with E-state index in [1.165, 1.54) is 0 Å². The molecule has 1 fully saturated rings. The molecule has 0 radical (unpaired) electrons. The van der Waals surface area contributed by atoms with Crippen LogP contribution in [0, 0.1) is 0 Å². The minimum Gasteiger partial charge on any atom is -0.491 e. The molecule has 0 aromatic heterocycles. The molecule has 1 aromatic carbocycles. The Kier molecular flexibility index (Phi) is 6.78. The number of anilines is 1. The maximum absolute atomic E-state index is 11.5. The molecule has 6 heteroatoms. The van der Waals surface area contributed by atoms with E-state index < -0.39 is 6.04 Å². The van der Waals surface area contributed by atoms with Crippen molar-refractivity contribution in [1.29, 1.82) is 0 Å². The Bertz CT molecular complexity index is 434. The molecule has 1 aromatic rings. The molecule has 1 heterocycles. The Labute approximate surface area is 125 Å². The van der Waals surface area contributed by atoms with Crippen LogP contribution in [0.1, 0.15) is 19.8 Å². The summed E-state index contributed by atoms with van der Waals surface area (Å²) in [7, 11) is 0. The van der Waals surface area contributed by atoms with Crippen LogP contribution >= 0.6 is 12.4 Å². The lowest BCUT2D eigenvalue weighted by molar-refractivity contribution is -0.117. The Hall–Kier alpha value is -1.30. The maximum atomic E-state index is 11.5. The van der Waals surface area contributed by atoms with E-state index in [9.17, 15) is 4.79 Å². The smallest absolute Gasteiger partial charge is 0.241 e. The number of hydrogen-bond acceptors (Lipinski definition) is 4. The summed E-state index contributed by atoms with van der Waals surface area (Å²) in [6.45, 7) is 3.01. The normalized spacial score (nSPS) is 19.0. The highest BCUT2D eigenvalue weighted by Crippen LogP contribution is 2.19. The Morgan fingerprint density at radius 1 is 1.60 bits per heavy atom. The molecule has 0 saturated carbocycles. The zero-order valence-corrected chi connectivity index (χ0v) is 12.3. The molecule has 1 amide bonds. The third-order valence-corrected chi connectivity index (χ3v) is 2.98. The van der Waals surface area contributed by atoms with E-state index in [-0.39, 0.29) is 24.4 Å². The number of benzene rings is 1. The van der Waals surface area contributed by atoms with Gasteiger partial charge >= 0.3 is 0 Å². The van der Waals surface area contributed by atoms with E-state index >= 15 is 0 Å². The second-order valence-corrected chi connectivity index (χ2v) is 4.75. The molecule has 2 rings (SSSR count). The van der Waals surface area contributed by atoms with Crippen LogP contribution in [0.4, 0.5) is 5.69 Å². The Morgan fingerprint density at radius 2 is 2.40 bits per heavy atom. The molecule has 1 saturated heterocycles. The molecule has 2 atom stereocenters. The lowest BCUT2D eigenvalue weighted by atomic mass is 10.2. The monoisotopic (exact) mass is 300 g/mol. The van der Waals surface area contributed by atoms with Crippen LogP contribution in [0.2, 0.25) is 0 Å². The van der Waals surface area contributed by atoms with Gasteiger partial charge < -0.3 is 20.5 Å². The van der Waals surface area contributed by atoms with Crippen LogP contribution in [0.3, 0.4) is 0 Å². The number of halogens is 1. The van der Waals surface area contributed by atoms with E-state index in [0.717, 1.165) is 25.2 Å². The number of hydrogen-bond donors (Lipinski definition) is 2. The van der Waals surface area contributed by atoms with E-state index in [1.807, 2.05) is 12.1 Å². The number of rotatable bonds is 5. The van der Waals surface area contributed by atoms with Crippen LogP contribution in [-0.4, -0.2) is 31.3 Å². The number of amides is 1. The first-order valence-corrected chi connectivity index (χ1v) is 6.56. The molecule has 5 nitrogen and oxygen atoms in total. The van der Waals surface area contributed by atoms with Crippen LogP contribution in [0.15, 0.2) is 24.3 Å². The number of carbonyl (C=O) groups is 1. The summed E-state index contributed by atoms with van der Waals surface area (Å²) in [4.78, 5) is 11.5. The molecule has 0 spiro atoms. The first-order chi connectivity index (χ1) is 9.15. The molecule has 20 heavy (non-hydrogen) atoms. The summed E-state index contributed by atoms with van der Waals surface area (Å²) in [5.74, 6) is 0.509. The van der Waals surface area contributed by atoms with Crippen molar-refractivity contribution in [3.05, 3.63) is 24.3 Å². The average Bonchev–Trinajstić information content (AvgIpc) is 2.90. The van der Waals surface area contributed by atoms with Crippen molar-refractivity contribution in [1.82, 2.24) is 0 Å². The van der Waals surface area contributed by atoms with Crippen LogP contribution < -0.4 is 15.8 Å². The van der Waals surface area contributed by atoms with Crippen molar-refractivity contribution in [3.63, 3.8) is 0 Å². The highest BCUT2D eigenvalue weighted by Gasteiger charge is 2.16. The van der Waals surface area contributed by atoms with E-state index in [1.54, 1.807) is 19.1 Å². The molecule has 0 bridgehead atoms. The van der Waals surface area contributed by atoms with Gasteiger partial charge in [-0.2, -0.15) is 0 Å². The maximum Gasteiger partial charge on any atom is 0.241 e. The molecule has 0 aliphatic carbocycles. The third-order valence-electron chi connectivity index (χ3n) is 2.98. The highest BCUT2D eigenvalue weighted by molar-refractivity contribution is 5.94. The van der Waals surface area contributed by atoms with Crippen molar-refractivity contribution >= 4 is 24.0 Å². The third kappa shape index (κ3) is 5.00. The SMILES string of the molecule is C[C@H](N)C(=O)Nc1cccc(OCC2CCCO2)c1.Cl. The van der Waals surface area contributed by atoms with Crippen molar-refractivity contribution in [2.24, 2.45) is 5.73 Å². The summed E-state index contributed by atoms with van der Waals surface area (Å²) < 4.78 is 11.2. The summed E-state index contributed by atoms with van der Waals surface area (Å²) in [5.41, 5.74) is 6.19. The lowest BCUT2D eigenvalue weighted by Gasteiger charge is -2.13. The van der Waals surface area contributed by atoms with Gasteiger partial charge in [0.25, 0.3) is 0 Å². The predicted octanol–water partition coefficient (Wildman–Crippen LogP) is 1.95. The molecule has 112 valence electrons. The first kappa shape index (κ1) is 16.8. The standard InChI is InChI=1S/C14H20N2O3.ClH/c1-10(15)14(17)16-11-4-2-5-12(8-11)19-9-13-6-3-7-18-13;/h2,4-5,8,10,13H,3,6-7,9,15H2,1H3,(H,16,17);1H/t10-,13?;/m0./s1. The van der Waals surface area contributed by atoms with Gasteiger partial charge in [-0.3, -0.25) is 4.79 Å². The summed E-state index contributed by atoms with van der Waals surface area (Å²) in [5, 5.41) is 2.73. The Balaban J connectivity index is 0.00000200. The van der Waals surface area contributed by atoms with Gasteiger partial charge in [-0.05, 0) is 31.9 Å². The summed E-state index contributed by atoms with van der Waals surface area (Å²) >= 11 is 0. The van der Waals surface area contributed by atoms with Gasteiger partial charge in [0.05, 0.1) is 12.1 Å². The fraction of sp³-hybridized carbons (Fsp3) is 0.500. The van der Waals surface area contributed by atoms with E-state index in [4.69, 9.17) is 15.2 Å². The fourth-order valence-electron chi connectivity index (χ4n) is 1.88. The van der Waals surface area contributed by atoms with E-state index in [2.05, 4.69) is 5.32 Å². The van der Waals surface area contributed by atoms with Gasteiger partial charge in [0.15, 0.2) is 0 Å². The molecular weight excluding hydrogens is 280 g/mol. The van der Waals surface area contributed by atoms with Crippen LogP contribution in [0.25, 0.3) is 0 Å². The molecule has 1 aliphatic rings. The van der Waals surface area contributed by atoms with Crippen molar-refractivity contribution in [2.45, 2.75) is 31.9 Å². The zero-order valence-electron chi connectivity index (χ0n) is 11.5. The lowest BCUT2D eigenvalue weighted by Crippen LogP contribution is -2.32. The average molecular weight is 301 g/mol. The highest BCUT2D eigenvalue weighted by atomic mass is 35.5. The molecule has 3 N–H and O–H groups in total. The van der Waals surface area contributed by atoms with E-state index in [0.29, 0.717) is 12.3 Å². The van der Waals surface area contributed by atoms with Crippen molar-refractivity contribution < 1.29 is 14.3 Å². The molecule has 1 aliphatic heterocycles. The van der Waals surface area contributed by atoms with Crippen LogP contribution in [0.5, 0.6) is 5.75 Å². The molecular formula is C14H21ClN2O3. The van der Waals surface area contributed by atoms with Gasteiger partial charge in [-0.15, -0.1) is 12.4 Å². The first-order valence-electron chi connectivity index (χ1n) is 6.56. The second-order valence-electron chi connectivity index (χ2n) is 4.75.